The van der Waals surface area contributed by atoms with Crippen molar-refractivity contribution in [3.8, 4) is 17.2 Å². The topological polar surface area (TPSA) is 115 Å². The number of carbonyl (C=O) groups is 2. The molecule has 0 fully saturated rings. The number of esters is 2. The van der Waals surface area contributed by atoms with Gasteiger partial charge in [0, 0.05) is 3.57 Å². The van der Waals surface area contributed by atoms with E-state index in [1.165, 1.54) is 23.0 Å². The Morgan fingerprint density at radius 2 is 1.76 bits per heavy atom. The van der Waals surface area contributed by atoms with E-state index < -0.39 is 18.0 Å². The number of thiazole rings is 1. The molecule has 3 aromatic carbocycles. The van der Waals surface area contributed by atoms with Gasteiger partial charge in [0.15, 0.2) is 22.9 Å². The SMILES string of the molecule is CCOC(=O)C1=C(C)N=c2s/c(=C\c3cc(Br)c(OCc4ccc(I)cc4)c(I)c3)c(=O)n2[C@H]1c1ccc(OCC(=O)OC)c(OCC)c1. The minimum absolute atomic E-state index is 0.148. The second kappa shape index (κ2) is 16.7. The fraction of sp³-hybridized carbons (Fsp3) is 0.257. The fourth-order valence-corrected chi connectivity index (χ4v) is 8.25. The van der Waals surface area contributed by atoms with Crippen LogP contribution in [0.15, 0.2) is 80.1 Å². The maximum atomic E-state index is 14.2. The predicted octanol–water partition coefficient (Wildman–Crippen LogP) is 6.30. The summed E-state index contributed by atoms with van der Waals surface area (Å²) in [7, 11) is 1.27. The van der Waals surface area contributed by atoms with Crippen molar-refractivity contribution in [3.05, 3.63) is 114 Å². The summed E-state index contributed by atoms with van der Waals surface area (Å²) in [6, 6.07) is 16.2. The molecule has 0 amide bonds. The van der Waals surface area contributed by atoms with E-state index in [2.05, 4.69) is 66.1 Å². The van der Waals surface area contributed by atoms with Crippen LogP contribution in [-0.4, -0.2) is 43.4 Å². The zero-order chi connectivity index (χ0) is 35.2. The van der Waals surface area contributed by atoms with Gasteiger partial charge in [-0.2, -0.15) is 0 Å². The molecule has 0 saturated heterocycles. The van der Waals surface area contributed by atoms with Crippen LogP contribution in [-0.2, 0) is 25.7 Å². The van der Waals surface area contributed by atoms with Crippen LogP contribution in [0.5, 0.6) is 17.2 Å². The highest BCUT2D eigenvalue weighted by molar-refractivity contribution is 14.1. The third-order valence-corrected chi connectivity index (χ3v) is 10.4. The van der Waals surface area contributed by atoms with E-state index in [-0.39, 0.29) is 24.3 Å². The molecule has 0 spiro atoms. The van der Waals surface area contributed by atoms with Crippen LogP contribution in [0.1, 0.15) is 43.5 Å². The van der Waals surface area contributed by atoms with Gasteiger partial charge in [-0.25, -0.2) is 14.6 Å². The molecule has 0 radical (unpaired) electrons. The predicted molar refractivity (Wildman–Crippen MR) is 206 cm³/mol. The highest BCUT2D eigenvalue weighted by Crippen LogP contribution is 2.37. The molecule has 1 aliphatic rings. The van der Waals surface area contributed by atoms with Gasteiger partial charge in [0.25, 0.3) is 5.56 Å². The van der Waals surface area contributed by atoms with Gasteiger partial charge in [-0.1, -0.05) is 29.5 Å². The van der Waals surface area contributed by atoms with E-state index in [0.717, 1.165) is 22.7 Å². The van der Waals surface area contributed by atoms with Gasteiger partial charge in [-0.15, -0.1) is 0 Å². The third-order valence-electron chi connectivity index (χ3n) is 7.29. The van der Waals surface area contributed by atoms with Gasteiger partial charge in [0.1, 0.15) is 12.4 Å². The molecule has 2 heterocycles. The average molecular weight is 973 g/mol. The summed E-state index contributed by atoms with van der Waals surface area (Å²) >= 11 is 9.37. The van der Waals surface area contributed by atoms with Crippen molar-refractivity contribution in [3.63, 3.8) is 0 Å². The molecular weight excluding hydrogens is 942 g/mol. The number of fused-ring (bicyclic) bond motifs is 1. The molecule has 14 heteroatoms. The van der Waals surface area contributed by atoms with Gasteiger partial charge in [-0.3, -0.25) is 9.36 Å². The number of allylic oxidation sites excluding steroid dienone is 1. The number of aromatic nitrogens is 1. The number of nitrogens with zero attached hydrogens (tertiary/aromatic N) is 2. The molecule has 0 N–H and O–H groups in total. The molecule has 0 saturated carbocycles. The summed E-state index contributed by atoms with van der Waals surface area (Å²) < 4.78 is 32.5. The molecule has 0 unspecified atom stereocenters. The van der Waals surface area contributed by atoms with Gasteiger partial charge >= 0.3 is 11.9 Å². The van der Waals surface area contributed by atoms with E-state index >= 15 is 0 Å². The van der Waals surface area contributed by atoms with Crippen molar-refractivity contribution in [1.82, 2.24) is 4.57 Å². The lowest BCUT2D eigenvalue weighted by Gasteiger charge is -2.25. The first-order valence-electron chi connectivity index (χ1n) is 15.1. The minimum atomic E-state index is -0.866. The normalized spacial score (nSPS) is 14.2. The molecule has 1 atom stereocenters. The van der Waals surface area contributed by atoms with Crippen molar-refractivity contribution in [2.75, 3.05) is 26.9 Å². The lowest BCUT2D eigenvalue weighted by Crippen LogP contribution is -2.40. The molecular formula is C35H31BrI2N2O8S. The van der Waals surface area contributed by atoms with E-state index in [4.69, 9.17) is 23.7 Å². The number of ether oxygens (including phenoxy) is 5. The van der Waals surface area contributed by atoms with Crippen LogP contribution in [0.3, 0.4) is 0 Å². The maximum absolute atomic E-state index is 14.2. The molecule has 49 heavy (non-hydrogen) atoms. The van der Waals surface area contributed by atoms with Gasteiger partial charge in [0.05, 0.1) is 50.2 Å². The Hall–Kier alpha value is -3.22. The molecule has 0 aliphatic carbocycles. The van der Waals surface area contributed by atoms with Crippen molar-refractivity contribution in [2.24, 2.45) is 4.99 Å². The molecule has 4 aromatic rings. The first-order chi connectivity index (χ1) is 23.5. The highest BCUT2D eigenvalue weighted by atomic mass is 127. The van der Waals surface area contributed by atoms with E-state index in [0.29, 0.717) is 51.1 Å². The average Bonchev–Trinajstić information content (AvgIpc) is 3.37. The summed E-state index contributed by atoms with van der Waals surface area (Å²) in [5.41, 5.74) is 2.76. The first kappa shape index (κ1) is 37.0. The number of halogens is 3. The van der Waals surface area contributed by atoms with Gasteiger partial charge < -0.3 is 23.7 Å². The minimum Gasteiger partial charge on any atom is -0.490 e. The van der Waals surface area contributed by atoms with E-state index in [1.807, 2.05) is 43.3 Å². The molecule has 5 rings (SSSR count). The number of hydrogen-bond donors (Lipinski definition) is 0. The molecule has 1 aromatic heterocycles. The first-order valence-corrected chi connectivity index (χ1v) is 18.8. The molecule has 1 aliphatic heterocycles. The van der Waals surface area contributed by atoms with Crippen molar-refractivity contribution in [1.29, 1.82) is 0 Å². The van der Waals surface area contributed by atoms with Crippen LogP contribution in [0.25, 0.3) is 6.08 Å². The fourth-order valence-electron chi connectivity index (χ4n) is 5.07. The summed E-state index contributed by atoms with van der Waals surface area (Å²) in [5.74, 6) is 0.233. The maximum Gasteiger partial charge on any atom is 0.343 e. The molecule has 10 nitrogen and oxygen atoms in total. The summed E-state index contributed by atoms with van der Waals surface area (Å²) in [6.45, 7) is 5.82. The van der Waals surface area contributed by atoms with E-state index in [9.17, 15) is 14.4 Å². The zero-order valence-corrected chi connectivity index (χ0v) is 33.6. The second-order valence-electron chi connectivity index (χ2n) is 10.5. The quantitative estimate of drug-likeness (QED) is 0.120. The number of carbonyl (C=O) groups excluding carboxylic acids is 2. The Morgan fingerprint density at radius 1 is 1.00 bits per heavy atom. The van der Waals surface area contributed by atoms with Crippen LogP contribution in [0.2, 0.25) is 0 Å². The number of methoxy groups -OCH3 is 1. The standard InChI is InChI=1S/C35H31BrI2N2O8S/c1-5-45-27-16-22(9-12-26(27)47-18-29(41)44-4)31-30(34(43)46-6-2)19(3)39-35-40(31)33(42)28(49-35)15-21-13-24(36)32(25(38)14-21)48-17-20-7-10-23(37)11-8-20/h7-16,31H,5-6,17-18H2,1-4H3/b28-15-/t31-/m0/s1. The van der Waals surface area contributed by atoms with Crippen molar-refractivity contribution >= 4 is 90.5 Å². The Kier molecular flexibility index (Phi) is 12.6. The summed E-state index contributed by atoms with van der Waals surface area (Å²) in [4.78, 5) is 44.4. The van der Waals surface area contributed by atoms with Crippen LogP contribution in [0.4, 0.5) is 0 Å². The zero-order valence-electron chi connectivity index (χ0n) is 26.9. The lowest BCUT2D eigenvalue weighted by atomic mass is 9.95. The largest absolute Gasteiger partial charge is 0.490 e. The number of benzene rings is 3. The van der Waals surface area contributed by atoms with Gasteiger partial charge in [-0.05, 0) is 141 Å². The van der Waals surface area contributed by atoms with Crippen LogP contribution in [0, 0.1) is 7.14 Å². The van der Waals surface area contributed by atoms with Crippen LogP contribution >= 0.6 is 72.4 Å². The second-order valence-corrected chi connectivity index (χ2v) is 14.8. The van der Waals surface area contributed by atoms with Crippen molar-refractivity contribution < 1.29 is 33.3 Å². The molecule has 0 bridgehead atoms. The van der Waals surface area contributed by atoms with Crippen LogP contribution < -0.4 is 29.1 Å². The summed E-state index contributed by atoms with van der Waals surface area (Å²) in [6.07, 6.45) is 1.80. The Labute approximate surface area is 322 Å². The summed E-state index contributed by atoms with van der Waals surface area (Å²) in [5, 5.41) is 0. The number of rotatable bonds is 12. The Morgan fingerprint density at radius 3 is 2.43 bits per heavy atom. The van der Waals surface area contributed by atoms with E-state index in [1.54, 1.807) is 38.1 Å². The van der Waals surface area contributed by atoms with Crippen molar-refractivity contribution in [2.45, 2.75) is 33.4 Å². The van der Waals surface area contributed by atoms with Gasteiger partial charge in [0.2, 0.25) is 0 Å². The Bertz CT molecular complexity index is 2090. The third kappa shape index (κ3) is 8.57. The smallest absolute Gasteiger partial charge is 0.343 e. The molecule has 256 valence electrons. The monoisotopic (exact) mass is 972 g/mol. The lowest BCUT2D eigenvalue weighted by molar-refractivity contribution is -0.143. The highest BCUT2D eigenvalue weighted by Gasteiger charge is 2.34. The Balaban J connectivity index is 1.56. The number of hydrogen-bond acceptors (Lipinski definition) is 10.